The Morgan fingerprint density at radius 2 is 2.03 bits per heavy atom. The minimum Gasteiger partial charge on any atom is -0.452 e. The van der Waals surface area contributed by atoms with Crippen LogP contribution in [-0.4, -0.2) is 47.4 Å². The third kappa shape index (κ3) is 4.66. The fourth-order valence-corrected chi connectivity index (χ4v) is 3.64. The third-order valence-corrected chi connectivity index (χ3v) is 5.18. The van der Waals surface area contributed by atoms with Gasteiger partial charge in [0, 0.05) is 20.2 Å². The summed E-state index contributed by atoms with van der Waals surface area (Å²) in [5.41, 5.74) is 0.892. The van der Waals surface area contributed by atoms with E-state index in [9.17, 15) is 19.7 Å². The van der Waals surface area contributed by atoms with E-state index in [-0.39, 0.29) is 23.5 Å². The lowest BCUT2D eigenvalue weighted by Gasteiger charge is -2.15. The molecule has 10 heteroatoms. The highest BCUT2D eigenvalue weighted by atomic mass is 32.1. The van der Waals surface area contributed by atoms with Gasteiger partial charge < -0.3 is 15.0 Å². The minimum absolute atomic E-state index is 0.00248. The molecule has 9 nitrogen and oxygen atoms in total. The van der Waals surface area contributed by atoms with Crippen molar-refractivity contribution in [2.24, 2.45) is 0 Å². The molecule has 0 atom stereocenters. The van der Waals surface area contributed by atoms with E-state index in [1.165, 1.54) is 28.4 Å². The summed E-state index contributed by atoms with van der Waals surface area (Å²) < 4.78 is 6.05. The van der Waals surface area contributed by atoms with Crippen LogP contribution in [0.4, 0.5) is 11.4 Å². The van der Waals surface area contributed by atoms with Gasteiger partial charge >= 0.3 is 5.97 Å². The van der Waals surface area contributed by atoms with Gasteiger partial charge in [-0.3, -0.25) is 14.9 Å². The van der Waals surface area contributed by atoms with Crippen molar-refractivity contribution in [3.8, 4) is 0 Å². The molecule has 3 rings (SSSR count). The maximum absolute atomic E-state index is 12.3. The predicted octanol–water partition coefficient (Wildman–Crippen LogP) is 3.06. The number of nitrogens with one attached hydrogen (secondary N) is 1. The Morgan fingerprint density at radius 3 is 2.72 bits per heavy atom. The lowest BCUT2D eigenvalue weighted by atomic mass is 10.1. The first kappa shape index (κ1) is 20.2. The van der Waals surface area contributed by atoms with Gasteiger partial charge in [0.05, 0.1) is 27.2 Å². The van der Waals surface area contributed by atoms with Crippen LogP contribution in [0.5, 0.6) is 0 Å². The number of ether oxygens (including phenoxy) is 1. The molecule has 2 aromatic carbocycles. The van der Waals surface area contributed by atoms with Crippen LogP contribution in [0.1, 0.15) is 15.4 Å². The number of anilines is 1. The van der Waals surface area contributed by atoms with Crippen molar-refractivity contribution in [3.63, 3.8) is 0 Å². The summed E-state index contributed by atoms with van der Waals surface area (Å²) in [6.07, 6.45) is 0. The molecule has 1 amide bonds. The van der Waals surface area contributed by atoms with E-state index < -0.39 is 23.4 Å². The molecule has 0 bridgehead atoms. The van der Waals surface area contributed by atoms with E-state index in [1.54, 1.807) is 14.1 Å². The largest absolute Gasteiger partial charge is 0.452 e. The normalized spacial score (nSPS) is 10.6. The monoisotopic (exact) mass is 414 g/mol. The summed E-state index contributed by atoms with van der Waals surface area (Å²) in [6.45, 7) is -0.181. The Bertz CT molecular complexity index is 1050. The number of carbonyl (C=O) groups excluding carboxylic acids is 2. The van der Waals surface area contributed by atoms with Gasteiger partial charge in [0.2, 0.25) is 0 Å². The molecule has 0 aliphatic heterocycles. The number of rotatable bonds is 7. The van der Waals surface area contributed by atoms with Gasteiger partial charge in [0.15, 0.2) is 6.61 Å². The second-order valence-electron chi connectivity index (χ2n) is 6.14. The first-order valence-corrected chi connectivity index (χ1v) is 9.42. The van der Waals surface area contributed by atoms with E-state index >= 15 is 0 Å². The van der Waals surface area contributed by atoms with E-state index in [4.69, 9.17) is 4.74 Å². The van der Waals surface area contributed by atoms with Crippen molar-refractivity contribution in [1.29, 1.82) is 0 Å². The number of hydrogen-bond donors (Lipinski definition) is 1. The molecule has 0 aliphatic carbocycles. The zero-order chi connectivity index (χ0) is 21.0. The Kier molecular flexibility index (Phi) is 6.03. The summed E-state index contributed by atoms with van der Waals surface area (Å²) in [5, 5.41) is 14.5. The maximum Gasteiger partial charge on any atom is 0.338 e. The zero-order valence-corrected chi connectivity index (χ0v) is 16.6. The molecular formula is C19H18N4O5S. The van der Waals surface area contributed by atoms with Gasteiger partial charge in [-0.05, 0) is 24.3 Å². The van der Waals surface area contributed by atoms with Crippen LogP contribution >= 0.6 is 11.3 Å². The summed E-state index contributed by atoms with van der Waals surface area (Å²) in [7, 11) is 3.13. The molecule has 1 N–H and O–H groups in total. The fraction of sp³-hybridized carbons (Fsp3) is 0.211. The predicted molar refractivity (Wildman–Crippen MR) is 109 cm³/mol. The molecule has 150 valence electrons. The van der Waals surface area contributed by atoms with Crippen molar-refractivity contribution < 1.29 is 19.2 Å². The average Bonchev–Trinajstić information content (AvgIpc) is 3.13. The maximum atomic E-state index is 12.3. The summed E-state index contributed by atoms with van der Waals surface area (Å²) in [4.78, 5) is 40.8. The first-order chi connectivity index (χ1) is 13.9. The van der Waals surface area contributed by atoms with Gasteiger partial charge in [-0.1, -0.05) is 12.1 Å². The van der Waals surface area contributed by atoms with E-state index in [2.05, 4.69) is 10.3 Å². The molecule has 29 heavy (non-hydrogen) atoms. The number of carbonyl (C=O) groups is 2. The number of thiazole rings is 1. The molecule has 0 spiro atoms. The van der Waals surface area contributed by atoms with Gasteiger partial charge in [0.1, 0.15) is 10.7 Å². The summed E-state index contributed by atoms with van der Waals surface area (Å²) in [6, 6.07) is 11.6. The molecule has 0 fully saturated rings. The minimum atomic E-state index is -0.808. The first-order valence-electron chi connectivity index (χ1n) is 8.60. The number of esters is 1. The number of nitro groups is 1. The van der Waals surface area contributed by atoms with Crippen molar-refractivity contribution in [2.45, 2.75) is 6.54 Å². The number of fused-ring (bicyclic) bond motifs is 1. The molecule has 0 unspecified atom stereocenters. The van der Waals surface area contributed by atoms with Crippen LogP contribution in [0.3, 0.4) is 0 Å². The summed E-state index contributed by atoms with van der Waals surface area (Å²) in [5.74, 6) is -1.21. The lowest BCUT2D eigenvalue weighted by Crippen LogP contribution is -2.30. The van der Waals surface area contributed by atoms with Crippen molar-refractivity contribution in [1.82, 2.24) is 9.88 Å². The second-order valence-corrected chi connectivity index (χ2v) is 7.26. The number of para-hydroxylation sites is 1. The Hall–Kier alpha value is -3.53. The number of aromatic nitrogens is 1. The van der Waals surface area contributed by atoms with Gasteiger partial charge in [-0.25, -0.2) is 9.78 Å². The molecule has 1 aromatic heterocycles. The van der Waals surface area contributed by atoms with Gasteiger partial charge in [0.25, 0.3) is 11.6 Å². The zero-order valence-electron chi connectivity index (χ0n) is 15.7. The number of nitrogens with zero attached hydrogens (tertiary/aromatic N) is 3. The Labute approximate surface area is 170 Å². The highest BCUT2D eigenvalue weighted by Gasteiger charge is 2.19. The van der Waals surface area contributed by atoms with E-state index in [1.807, 2.05) is 24.3 Å². The average molecular weight is 414 g/mol. The fourth-order valence-electron chi connectivity index (χ4n) is 2.62. The third-order valence-electron chi connectivity index (χ3n) is 4.16. The molecule has 1 heterocycles. The number of amides is 1. The van der Waals surface area contributed by atoms with Crippen molar-refractivity contribution >= 4 is 44.8 Å². The number of nitro benzene ring substituents is 1. The topological polar surface area (TPSA) is 115 Å². The molecule has 3 aromatic rings. The van der Waals surface area contributed by atoms with Crippen LogP contribution in [-0.2, 0) is 16.1 Å². The Balaban J connectivity index is 1.60. The Morgan fingerprint density at radius 1 is 1.28 bits per heavy atom. The second kappa shape index (κ2) is 8.65. The highest BCUT2D eigenvalue weighted by molar-refractivity contribution is 7.18. The molecule has 0 aliphatic rings. The van der Waals surface area contributed by atoms with Crippen LogP contribution in [0, 0.1) is 10.1 Å². The number of benzene rings is 2. The molecule has 0 saturated carbocycles. The summed E-state index contributed by atoms with van der Waals surface area (Å²) >= 11 is 1.49. The van der Waals surface area contributed by atoms with E-state index in [0.29, 0.717) is 0 Å². The van der Waals surface area contributed by atoms with Crippen LogP contribution in [0.25, 0.3) is 10.2 Å². The van der Waals surface area contributed by atoms with Crippen molar-refractivity contribution in [3.05, 3.63) is 63.1 Å². The number of likely N-dealkylation sites (N-methyl/N-ethyl adjacent to an activating group) is 1. The van der Waals surface area contributed by atoms with Gasteiger partial charge in [-0.2, -0.15) is 0 Å². The molecule has 0 radical (unpaired) electrons. The molecule has 0 saturated heterocycles. The standard InChI is InChI=1S/C19H18N4O5S/c1-20-13-8-7-12(9-15(13)23(26)27)19(25)28-11-18(24)22(2)10-17-21-14-5-3-4-6-16(14)29-17/h3-9,20H,10-11H2,1-2H3. The lowest BCUT2D eigenvalue weighted by molar-refractivity contribution is -0.384. The smallest absolute Gasteiger partial charge is 0.338 e. The van der Waals surface area contributed by atoms with Crippen LogP contribution in [0.15, 0.2) is 42.5 Å². The van der Waals surface area contributed by atoms with Crippen LogP contribution in [0.2, 0.25) is 0 Å². The van der Waals surface area contributed by atoms with E-state index in [0.717, 1.165) is 21.3 Å². The van der Waals surface area contributed by atoms with Crippen LogP contribution < -0.4 is 5.32 Å². The van der Waals surface area contributed by atoms with Gasteiger partial charge in [-0.15, -0.1) is 11.3 Å². The highest BCUT2D eigenvalue weighted by Crippen LogP contribution is 2.25. The van der Waals surface area contributed by atoms with Crippen molar-refractivity contribution in [2.75, 3.05) is 26.0 Å². The number of hydrogen-bond acceptors (Lipinski definition) is 8. The molecular weight excluding hydrogens is 396 g/mol. The SMILES string of the molecule is CNc1ccc(C(=O)OCC(=O)N(C)Cc2nc3ccccc3s2)cc1[N+](=O)[O-]. The quantitative estimate of drug-likeness (QED) is 0.359.